The van der Waals surface area contributed by atoms with Crippen LogP contribution in [0.4, 0.5) is 0 Å². The summed E-state index contributed by atoms with van der Waals surface area (Å²) in [6, 6.07) is -1.23. The third-order valence-corrected chi connectivity index (χ3v) is 5.84. The molecule has 3 atom stereocenters. The van der Waals surface area contributed by atoms with Gasteiger partial charge >= 0.3 is 0 Å². The van der Waals surface area contributed by atoms with Crippen LogP contribution in [0.25, 0.3) is 0 Å². The summed E-state index contributed by atoms with van der Waals surface area (Å²) in [6.45, 7) is 8.18. The molecule has 2 N–H and O–H groups in total. The van der Waals surface area contributed by atoms with Crippen LogP contribution in [-0.4, -0.2) is 54.2 Å². The first-order valence-electron chi connectivity index (χ1n) is 9.93. The van der Waals surface area contributed by atoms with Crippen molar-refractivity contribution in [1.82, 2.24) is 15.5 Å². The normalized spacial score (nSPS) is 23.3. The highest BCUT2D eigenvalue weighted by Gasteiger charge is 2.41. The van der Waals surface area contributed by atoms with Crippen molar-refractivity contribution in [2.45, 2.75) is 84.3 Å². The molecule has 1 aliphatic heterocycles. The average molecular weight is 366 g/mol. The van der Waals surface area contributed by atoms with Crippen LogP contribution in [0.3, 0.4) is 0 Å². The van der Waals surface area contributed by atoms with Gasteiger partial charge in [-0.3, -0.25) is 14.4 Å². The first kappa shape index (κ1) is 20.9. The second-order valence-electron chi connectivity index (χ2n) is 8.98. The van der Waals surface area contributed by atoms with E-state index in [0.29, 0.717) is 18.9 Å². The minimum Gasteiger partial charge on any atom is -0.345 e. The summed E-state index contributed by atoms with van der Waals surface area (Å²) < 4.78 is 0. The second kappa shape index (κ2) is 8.51. The van der Waals surface area contributed by atoms with Crippen molar-refractivity contribution in [3.63, 3.8) is 0 Å². The molecule has 0 aromatic heterocycles. The third kappa shape index (κ3) is 4.84. The molecule has 0 spiro atoms. The topological polar surface area (TPSA) is 78.5 Å². The monoisotopic (exact) mass is 365 g/mol. The zero-order chi connectivity index (χ0) is 19.5. The van der Waals surface area contributed by atoms with Crippen LogP contribution >= 0.6 is 0 Å². The minimum atomic E-state index is -0.469. The van der Waals surface area contributed by atoms with Crippen molar-refractivity contribution in [3.05, 3.63) is 0 Å². The fourth-order valence-electron chi connectivity index (χ4n) is 4.05. The lowest BCUT2D eigenvalue weighted by atomic mass is 9.80. The zero-order valence-electron chi connectivity index (χ0n) is 16.9. The van der Waals surface area contributed by atoms with Crippen LogP contribution in [0.2, 0.25) is 0 Å². The largest absolute Gasteiger partial charge is 0.345 e. The number of nitrogens with zero attached hydrogens (tertiary/aromatic N) is 1. The van der Waals surface area contributed by atoms with Gasteiger partial charge in [-0.2, -0.15) is 0 Å². The molecule has 0 bridgehead atoms. The Kier molecular flexibility index (Phi) is 6.83. The van der Waals surface area contributed by atoms with Gasteiger partial charge < -0.3 is 15.5 Å². The number of carbonyl (C=O) groups excluding carboxylic acids is 3. The number of likely N-dealkylation sites (N-methyl/N-ethyl adjacent to an activating group) is 1. The van der Waals surface area contributed by atoms with Gasteiger partial charge in [0.2, 0.25) is 11.8 Å². The van der Waals surface area contributed by atoms with E-state index in [-0.39, 0.29) is 29.1 Å². The predicted octanol–water partition coefficient (Wildman–Crippen LogP) is 1.88. The molecular formula is C20H35N3O3. The highest BCUT2D eigenvalue weighted by Crippen LogP contribution is 2.31. The van der Waals surface area contributed by atoms with Crippen LogP contribution in [0.15, 0.2) is 0 Å². The molecule has 6 heteroatoms. The number of carbonyl (C=O) groups is 3. The summed E-state index contributed by atoms with van der Waals surface area (Å²) in [7, 11) is 1.78. The highest BCUT2D eigenvalue weighted by molar-refractivity contribution is 5.93. The van der Waals surface area contributed by atoms with Gasteiger partial charge in [0.25, 0.3) is 0 Å². The molecule has 0 aromatic rings. The van der Waals surface area contributed by atoms with Crippen LogP contribution in [0.5, 0.6) is 0 Å². The molecule has 0 aromatic carbocycles. The number of ketones is 1. The first-order chi connectivity index (χ1) is 12.1. The number of rotatable bonds is 7. The van der Waals surface area contributed by atoms with E-state index >= 15 is 0 Å². The Morgan fingerprint density at radius 1 is 1.12 bits per heavy atom. The molecule has 1 saturated heterocycles. The van der Waals surface area contributed by atoms with E-state index in [1.54, 1.807) is 11.9 Å². The minimum absolute atomic E-state index is 0.00363. The molecular weight excluding hydrogens is 330 g/mol. The maximum atomic E-state index is 13.0. The summed E-state index contributed by atoms with van der Waals surface area (Å²) in [4.78, 5) is 39.5. The zero-order valence-corrected chi connectivity index (χ0v) is 16.9. The van der Waals surface area contributed by atoms with Crippen LogP contribution < -0.4 is 10.6 Å². The van der Waals surface area contributed by atoms with Crippen molar-refractivity contribution in [2.24, 2.45) is 11.3 Å². The standard InChI is InChI=1S/C20H35N3O3/c1-13(24)15(12-14-8-6-9-14)22-18(25)16-10-7-11-23(16)19(26)17(21-5)20(2,3)4/h14-17,21H,6-12H2,1-5H3,(H,22,25). The van der Waals surface area contributed by atoms with Gasteiger partial charge in [0.05, 0.1) is 12.1 Å². The van der Waals surface area contributed by atoms with Gasteiger partial charge in [-0.05, 0) is 44.6 Å². The van der Waals surface area contributed by atoms with Crippen molar-refractivity contribution in [2.75, 3.05) is 13.6 Å². The number of amides is 2. The molecule has 2 amide bonds. The smallest absolute Gasteiger partial charge is 0.243 e. The Labute approximate surface area is 157 Å². The lowest BCUT2D eigenvalue weighted by Gasteiger charge is -2.35. The van der Waals surface area contributed by atoms with Gasteiger partial charge in [-0.15, -0.1) is 0 Å². The van der Waals surface area contributed by atoms with Crippen molar-refractivity contribution >= 4 is 17.6 Å². The maximum absolute atomic E-state index is 13.0. The van der Waals surface area contributed by atoms with E-state index in [2.05, 4.69) is 10.6 Å². The Balaban J connectivity index is 2.04. The molecule has 1 saturated carbocycles. The fraction of sp³-hybridized carbons (Fsp3) is 0.850. The van der Waals surface area contributed by atoms with E-state index in [0.717, 1.165) is 25.7 Å². The van der Waals surface area contributed by atoms with Gasteiger partial charge in [0.15, 0.2) is 5.78 Å². The van der Waals surface area contributed by atoms with Crippen LogP contribution in [-0.2, 0) is 14.4 Å². The molecule has 2 rings (SSSR count). The number of likely N-dealkylation sites (tertiary alicyclic amines) is 1. The molecule has 148 valence electrons. The number of hydrogen-bond acceptors (Lipinski definition) is 4. The van der Waals surface area contributed by atoms with Gasteiger partial charge in [0.1, 0.15) is 6.04 Å². The highest BCUT2D eigenvalue weighted by atomic mass is 16.2. The maximum Gasteiger partial charge on any atom is 0.243 e. The molecule has 1 aliphatic carbocycles. The van der Waals surface area contributed by atoms with Crippen LogP contribution in [0.1, 0.15) is 66.2 Å². The molecule has 2 aliphatic rings. The summed E-state index contributed by atoms with van der Waals surface area (Å²) >= 11 is 0. The van der Waals surface area contributed by atoms with Crippen LogP contribution in [0, 0.1) is 11.3 Å². The van der Waals surface area contributed by atoms with E-state index in [1.165, 1.54) is 13.3 Å². The van der Waals surface area contributed by atoms with Gasteiger partial charge in [-0.1, -0.05) is 40.0 Å². The Morgan fingerprint density at radius 2 is 1.77 bits per heavy atom. The number of Topliss-reactive ketones (excluding diaryl/α,β-unsaturated/α-hetero) is 1. The fourth-order valence-corrected chi connectivity index (χ4v) is 4.05. The lowest BCUT2D eigenvalue weighted by Crippen LogP contribution is -2.57. The summed E-state index contributed by atoms with van der Waals surface area (Å²) in [5, 5.41) is 6.04. The SMILES string of the molecule is CNC(C(=O)N1CCCC1C(=O)NC(CC1CCC1)C(C)=O)C(C)(C)C. The predicted molar refractivity (Wildman–Crippen MR) is 102 cm³/mol. The molecule has 2 fully saturated rings. The lowest BCUT2D eigenvalue weighted by molar-refractivity contribution is -0.142. The number of nitrogens with one attached hydrogen (secondary N) is 2. The van der Waals surface area contributed by atoms with Gasteiger partial charge in [0, 0.05) is 6.54 Å². The van der Waals surface area contributed by atoms with E-state index < -0.39 is 12.1 Å². The first-order valence-corrected chi connectivity index (χ1v) is 9.93. The van der Waals surface area contributed by atoms with E-state index in [1.807, 2.05) is 20.8 Å². The summed E-state index contributed by atoms with van der Waals surface area (Å²) in [6.07, 6.45) is 5.70. The number of hydrogen-bond donors (Lipinski definition) is 2. The quantitative estimate of drug-likeness (QED) is 0.722. The van der Waals surface area contributed by atoms with E-state index in [9.17, 15) is 14.4 Å². The summed E-state index contributed by atoms with van der Waals surface area (Å²) in [5.41, 5.74) is -0.235. The Bertz CT molecular complexity index is 537. The Hall–Kier alpha value is -1.43. The average Bonchev–Trinajstić information content (AvgIpc) is 2.97. The molecule has 6 nitrogen and oxygen atoms in total. The Morgan fingerprint density at radius 3 is 2.23 bits per heavy atom. The molecule has 1 heterocycles. The van der Waals surface area contributed by atoms with Crippen molar-refractivity contribution in [3.8, 4) is 0 Å². The molecule has 3 unspecified atom stereocenters. The van der Waals surface area contributed by atoms with Crippen molar-refractivity contribution in [1.29, 1.82) is 0 Å². The third-order valence-electron chi connectivity index (χ3n) is 5.84. The second-order valence-corrected chi connectivity index (χ2v) is 8.98. The molecule has 0 radical (unpaired) electrons. The van der Waals surface area contributed by atoms with E-state index in [4.69, 9.17) is 0 Å². The van der Waals surface area contributed by atoms with Crippen molar-refractivity contribution < 1.29 is 14.4 Å². The molecule has 26 heavy (non-hydrogen) atoms. The van der Waals surface area contributed by atoms with Gasteiger partial charge in [-0.25, -0.2) is 0 Å². The summed E-state index contributed by atoms with van der Waals surface area (Å²) in [5.74, 6) is 0.333.